The summed E-state index contributed by atoms with van der Waals surface area (Å²) >= 11 is 1.36. The van der Waals surface area contributed by atoms with Gasteiger partial charge in [0.2, 0.25) is 5.13 Å². The molecule has 6 nitrogen and oxygen atoms in total. The van der Waals surface area contributed by atoms with Gasteiger partial charge in [-0.05, 0) is 38.7 Å². The number of anilines is 1. The van der Waals surface area contributed by atoms with E-state index in [4.69, 9.17) is 4.74 Å². The first-order valence-electron chi connectivity index (χ1n) is 8.29. The molecule has 1 fully saturated rings. The van der Waals surface area contributed by atoms with Gasteiger partial charge in [-0.3, -0.25) is 5.32 Å². The highest BCUT2D eigenvalue weighted by Gasteiger charge is 2.43. The fourth-order valence-corrected chi connectivity index (χ4v) is 4.30. The monoisotopic (exact) mass is 344 g/mol. The zero-order valence-electron chi connectivity index (χ0n) is 13.5. The molecule has 2 heterocycles. The molecule has 0 bridgehead atoms. The second-order valence-electron chi connectivity index (χ2n) is 6.51. The van der Waals surface area contributed by atoms with Crippen LogP contribution in [0.3, 0.4) is 0 Å². The Kier molecular flexibility index (Phi) is 3.88. The molecule has 0 saturated heterocycles. The standard InChI is InChI=1S/C17H20N4O2S/c1-11-20-21-16(24-11)19-15(22)18-13-10-17(8-4-5-9-17)23-14-7-3-2-6-12(13)14/h2-3,6-7,13H,4-5,8-10H2,1H3,(H2,18,19,21,22). The van der Waals surface area contributed by atoms with Crippen LogP contribution in [0.2, 0.25) is 0 Å². The Hall–Kier alpha value is -2.15. The summed E-state index contributed by atoms with van der Waals surface area (Å²) in [4.78, 5) is 12.4. The van der Waals surface area contributed by atoms with Crippen molar-refractivity contribution in [3.05, 3.63) is 34.8 Å². The molecule has 1 aliphatic carbocycles. The van der Waals surface area contributed by atoms with Crippen LogP contribution < -0.4 is 15.4 Å². The fraction of sp³-hybridized carbons (Fsp3) is 0.471. The molecular weight excluding hydrogens is 324 g/mol. The van der Waals surface area contributed by atoms with Gasteiger partial charge in [-0.15, -0.1) is 10.2 Å². The van der Waals surface area contributed by atoms with E-state index >= 15 is 0 Å². The second kappa shape index (κ2) is 6.05. The summed E-state index contributed by atoms with van der Waals surface area (Å²) in [6.07, 6.45) is 5.29. The van der Waals surface area contributed by atoms with Gasteiger partial charge in [0.25, 0.3) is 0 Å². The van der Waals surface area contributed by atoms with Crippen LogP contribution in [0.15, 0.2) is 24.3 Å². The van der Waals surface area contributed by atoms with Crippen molar-refractivity contribution in [3.63, 3.8) is 0 Å². The number of para-hydroxylation sites is 1. The lowest BCUT2D eigenvalue weighted by molar-refractivity contribution is 0.0388. The molecule has 4 rings (SSSR count). The molecule has 2 amide bonds. The Morgan fingerprint density at radius 3 is 2.83 bits per heavy atom. The Morgan fingerprint density at radius 1 is 1.29 bits per heavy atom. The number of hydrogen-bond donors (Lipinski definition) is 2. The van der Waals surface area contributed by atoms with Crippen molar-refractivity contribution in [2.24, 2.45) is 0 Å². The van der Waals surface area contributed by atoms with Crippen molar-refractivity contribution in [3.8, 4) is 5.75 Å². The molecule has 1 atom stereocenters. The number of aryl methyl sites for hydroxylation is 1. The number of rotatable bonds is 2. The minimum atomic E-state index is -0.249. The first-order valence-corrected chi connectivity index (χ1v) is 9.11. The number of urea groups is 1. The zero-order valence-corrected chi connectivity index (χ0v) is 14.4. The molecular formula is C17H20N4O2S. The number of fused-ring (bicyclic) bond motifs is 1. The number of aromatic nitrogens is 2. The van der Waals surface area contributed by atoms with Crippen LogP contribution in [0.1, 0.15) is 48.7 Å². The third-order valence-corrected chi connectivity index (χ3v) is 5.52. The van der Waals surface area contributed by atoms with E-state index in [9.17, 15) is 4.79 Å². The van der Waals surface area contributed by atoms with Crippen molar-refractivity contribution in [2.75, 3.05) is 5.32 Å². The lowest BCUT2D eigenvalue weighted by Crippen LogP contribution is -2.44. The SMILES string of the molecule is Cc1nnc(NC(=O)NC2CC3(CCCC3)Oc3ccccc32)s1. The summed E-state index contributed by atoms with van der Waals surface area (Å²) in [5.74, 6) is 0.891. The smallest absolute Gasteiger partial charge is 0.321 e. The van der Waals surface area contributed by atoms with Crippen molar-refractivity contribution < 1.29 is 9.53 Å². The molecule has 1 aliphatic heterocycles. The molecule has 24 heavy (non-hydrogen) atoms. The third-order valence-electron chi connectivity index (χ3n) is 4.76. The number of benzene rings is 1. The predicted octanol–water partition coefficient (Wildman–Crippen LogP) is 3.80. The summed E-state index contributed by atoms with van der Waals surface area (Å²) < 4.78 is 6.32. The van der Waals surface area contributed by atoms with Gasteiger partial charge in [0.15, 0.2) is 0 Å². The number of ether oxygens (including phenoxy) is 1. The average Bonchev–Trinajstić information content (AvgIpc) is 3.16. The maximum atomic E-state index is 12.4. The van der Waals surface area contributed by atoms with E-state index in [2.05, 4.69) is 20.8 Å². The molecule has 1 saturated carbocycles. The van der Waals surface area contributed by atoms with Crippen molar-refractivity contribution in [1.82, 2.24) is 15.5 Å². The molecule has 126 valence electrons. The first-order chi connectivity index (χ1) is 11.6. The van der Waals surface area contributed by atoms with E-state index in [1.165, 1.54) is 24.2 Å². The number of carbonyl (C=O) groups is 1. The van der Waals surface area contributed by atoms with Crippen LogP contribution in [-0.4, -0.2) is 21.8 Å². The van der Waals surface area contributed by atoms with Crippen LogP contribution in [0.4, 0.5) is 9.93 Å². The average molecular weight is 344 g/mol. The molecule has 2 aromatic rings. The Bertz CT molecular complexity index is 755. The largest absolute Gasteiger partial charge is 0.487 e. The fourth-order valence-electron chi connectivity index (χ4n) is 3.71. The summed E-state index contributed by atoms with van der Waals surface area (Å²) in [5, 5.41) is 15.1. The quantitative estimate of drug-likeness (QED) is 0.869. The first kappa shape index (κ1) is 15.4. The normalized spacial score (nSPS) is 21.1. The lowest BCUT2D eigenvalue weighted by atomic mass is 9.86. The highest BCUT2D eigenvalue weighted by atomic mass is 32.1. The van der Waals surface area contributed by atoms with Gasteiger partial charge in [0.05, 0.1) is 6.04 Å². The Balaban J connectivity index is 1.53. The summed E-state index contributed by atoms with van der Waals surface area (Å²) in [5.41, 5.74) is 0.907. The van der Waals surface area contributed by atoms with Crippen LogP contribution in [0.25, 0.3) is 0 Å². The molecule has 1 unspecified atom stereocenters. The van der Waals surface area contributed by atoms with Gasteiger partial charge in [0.1, 0.15) is 16.4 Å². The molecule has 7 heteroatoms. The number of carbonyl (C=O) groups excluding carboxylic acids is 1. The number of amides is 2. The van der Waals surface area contributed by atoms with Crippen LogP contribution >= 0.6 is 11.3 Å². The van der Waals surface area contributed by atoms with Crippen LogP contribution in [0, 0.1) is 6.92 Å². The second-order valence-corrected chi connectivity index (χ2v) is 7.69. The van der Waals surface area contributed by atoms with E-state index in [0.29, 0.717) is 5.13 Å². The van der Waals surface area contributed by atoms with Gasteiger partial charge >= 0.3 is 6.03 Å². The van der Waals surface area contributed by atoms with Crippen LogP contribution in [-0.2, 0) is 0 Å². The van der Waals surface area contributed by atoms with E-state index in [1.54, 1.807) is 0 Å². The molecule has 1 aromatic heterocycles. The van der Waals surface area contributed by atoms with Crippen molar-refractivity contribution in [2.45, 2.75) is 50.7 Å². The van der Waals surface area contributed by atoms with Gasteiger partial charge in [0, 0.05) is 12.0 Å². The van der Waals surface area contributed by atoms with Gasteiger partial charge < -0.3 is 10.1 Å². The van der Waals surface area contributed by atoms with Gasteiger partial charge in [-0.2, -0.15) is 0 Å². The molecule has 0 radical (unpaired) electrons. The number of nitrogens with one attached hydrogen (secondary N) is 2. The van der Waals surface area contributed by atoms with Crippen molar-refractivity contribution >= 4 is 22.5 Å². The maximum Gasteiger partial charge on any atom is 0.321 e. The zero-order chi connectivity index (χ0) is 16.6. The summed E-state index contributed by atoms with van der Waals surface area (Å²) in [7, 11) is 0. The molecule has 2 aliphatic rings. The highest BCUT2D eigenvalue weighted by Crippen LogP contribution is 2.46. The Labute approximate surface area is 144 Å². The van der Waals surface area contributed by atoms with E-state index in [0.717, 1.165) is 35.6 Å². The predicted molar refractivity (Wildman–Crippen MR) is 92.4 cm³/mol. The van der Waals surface area contributed by atoms with Gasteiger partial charge in [-0.1, -0.05) is 29.5 Å². The van der Waals surface area contributed by atoms with Crippen LogP contribution in [0.5, 0.6) is 5.75 Å². The number of nitrogens with zero attached hydrogens (tertiary/aromatic N) is 2. The van der Waals surface area contributed by atoms with E-state index in [1.807, 2.05) is 31.2 Å². The molecule has 1 aromatic carbocycles. The Morgan fingerprint density at radius 2 is 2.08 bits per heavy atom. The van der Waals surface area contributed by atoms with Gasteiger partial charge in [-0.25, -0.2) is 4.79 Å². The highest BCUT2D eigenvalue weighted by molar-refractivity contribution is 7.15. The van der Waals surface area contributed by atoms with E-state index in [-0.39, 0.29) is 17.7 Å². The minimum absolute atomic E-state index is 0.0536. The van der Waals surface area contributed by atoms with E-state index < -0.39 is 0 Å². The lowest BCUT2D eigenvalue weighted by Gasteiger charge is -2.40. The summed E-state index contributed by atoms with van der Waals surface area (Å²) in [6, 6.07) is 7.68. The number of hydrogen-bond acceptors (Lipinski definition) is 5. The maximum absolute atomic E-state index is 12.4. The third kappa shape index (κ3) is 2.96. The minimum Gasteiger partial charge on any atom is -0.487 e. The topological polar surface area (TPSA) is 76.1 Å². The summed E-state index contributed by atoms with van der Waals surface area (Å²) in [6.45, 7) is 1.86. The molecule has 2 N–H and O–H groups in total. The van der Waals surface area contributed by atoms with Crippen molar-refractivity contribution in [1.29, 1.82) is 0 Å². The molecule has 1 spiro atoms.